The minimum Gasteiger partial charge on any atom is -0.340 e. The number of amides is 1. The smallest absolute Gasteiger partial charge is 0.267 e. The molecule has 0 saturated carbocycles. The van der Waals surface area contributed by atoms with Crippen LogP contribution < -0.4 is 5.56 Å². The molecule has 1 amide bonds. The van der Waals surface area contributed by atoms with Crippen molar-refractivity contribution < 1.29 is 4.79 Å². The van der Waals surface area contributed by atoms with Crippen molar-refractivity contribution in [3.63, 3.8) is 0 Å². The predicted molar refractivity (Wildman–Crippen MR) is 93.1 cm³/mol. The lowest BCUT2D eigenvalue weighted by Crippen LogP contribution is -2.39. The fourth-order valence-corrected chi connectivity index (χ4v) is 3.24. The lowest BCUT2D eigenvalue weighted by molar-refractivity contribution is -0.132. The third-order valence-electron chi connectivity index (χ3n) is 4.44. The standard InChI is InChI=1S/C18H20ClN3O2/c19-16-8-6-14(7-9-16)15-4-1-2-11-21(12-15)18(24)13-22-17(23)5-3-10-20-22/h3,5-10,15H,1-2,4,11-13H2/t15-/m0/s1. The second-order valence-corrected chi connectivity index (χ2v) is 6.54. The molecule has 1 aromatic heterocycles. The average molecular weight is 346 g/mol. The van der Waals surface area contributed by atoms with Crippen molar-refractivity contribution in [1.82, 2.24) is 14.7 Å². The zero-order valence-corrected chi connectivity index (χ0v) is 14.2. The van der Waals surface area contributed by atoms with Crippen LogP contribution in [0, 0.1) is 0 Å². The second-order valence-electron chi connectivity index (χ2n) is 6.10. The maximum Gasteiger partial charge on any atom is 0.267 e. The number of halogens is 1. The van der Waals surface area contributed by atoms with Gasteiger partial charge in [-0.3, -0.25) is 9.59 Å². The second kappa shape index (κ2) is 7.62. The van der Waals surface area contributed by atoms with E-state index in [9.17, 15) is 9.59 Å². The molecule has 2 heterocycles. The van der Waals surface area contributed by atoms with Crippen LogP contribution in [0.2, 0.25) is 5.02 Å². The molecule has 126 valence electrons. The molecule has 3 rings (SSSR count). The van der Waals surface area contributed by atoms with Gasteiger partial charge in [-0.1, -0.05) is 30.2 Å². The van der Waals surface area contributed by atoms with Crippen molar-refractivity contribution in [2.75, 3.05) is 13.1 Å². The van der Waals surface area contributed by atoms with Crippen LogP contribution >= 0.6 is 11.6 Å². The molecular formula is C18H20ClN3O2. The van der Waals surface area contributed by atoms with Crippen LogP contribution in [-0.4, -0.2) is 33.7 Å². The van der Waals surface area contributed by atoms with Crippen molar-refractivity contribution in [3.8, 4) is 0 Å². The van der Waals surface area contributed by atoms with E-state index in [0.717, 1.165) is 30.8 Å². The highest BCUT2D eigenvalue weighted by molar-refractivity contribution is 6.30. The average Bonchev–Trinajstić information content (AvgIpc) is 2.84. The molecule has 0 spiro atoms. The Kier molecular flexibility index (Phi) is 5.30. The molecule has 0 N–H and O–H groups in total. The number of carbonyl (C=O) groups is 1. The van der Waals surface area contributed by atoms with Gasteiger partial charge in [0.2, 0.25) is 5.91 Å². The summed E-state index contributed by atoms with van der Waals surface area (Å²) in [5.74, 6) is 0.242. The number of rotatable bonds is 3. The molecule has 5 nitrogen and oxygen atoms in total. The zero-order chi connectivity index (χ0) is 16.9. The predicted octanol–water partition coefficient (Wildman–Crippen LogP) is 2.69. The molecule has 1 saturated heterocycles. The third-order valence-corrected chi connectivity index (χ3v) is 4.69. The number of hydrogen-bond donors (Lipinski definition) is 0. The van der Waals surface area contributed by atoms with E-state index >= 15 is 0 Å². The van der Waals surface area contributed by atoms with E-state index in [1.165, 1.54) is 22.5 Å². The summed E-state index contributed by atoms with van der Waals surface area (Å²) in [6, 6.07) is 10.8. The highest BCUT2D eigenvalue weighted by Crippen LogP contribution is 2.27. The van der Waals surface area contributed by atoms with Crippen LogP contribution in [0.25, 0.3) is 0 Å². The van der Waals surface area contributed by atoms with Gasteiger partial charge in [0, 0.05) is 36.3 Å². The first-order valence-corrected chi connectivity index (χ1v) is 8.56. The first kappa shape index (κ1) is 16.7. The van der Waals surface area contributed by atoms with Gasteiger partial charge in [0.1, 0.15) is 6.54 Å². The topological polar surface area (TPSA) is 55.2 Å². The van der Waals surface area contributed by atoms with Gasteiger partial charge in [-0.2, -0.15) is 5.10 Å². The Labute approximate surface area is 145 Å². The summed E-state index contributed by atoms with van der Waals surface area (Å²) < 4.78 is 1.21. The Morgan fingerprint density at radius 1 is 1.21 bits per heavy atom. The van der Waals surface area contributed by atoms with Gasteiger partial charge in [-0.25, -0.2) is 4.68 Å². The molecule has 0 radical (unpaired) electrons. The quantitative estimate of drug-likeness (QED) is 0.859. The molecule has 1 aliphatic heterocycles. The maximum absolute atomic E-state index is 12.6. The summed E-state index contributed by atoms with van der Waals surface area (Å²) in [6.07, 6.45) is 4.64. The summed E-state index contributed by atoms with van der Waals surface area (Å²) in [7, 11) is 0. The Balaban J connectivity index is 1.72. The molecule has 0 aliphatic carbocycles. The Morgan fingerprint density at radius 2 is 2.00 bits per heavy atom. The fraction of sp³-hybridized carbons (Fsp3) is 0.389. The molecular weight excluding hydrogens is 326 g/mol. The highest BCUT2D eigenvalue weighted by atomic mass is 35.5. The molecule has 0 unspecified atom stereocenters. The van der Waals surface area contributed by atoms with Crippen molar-refractivity contribution in [3.05, 3.63) is 63.5 Å². The maximum atomic E-state index is 12.6. The first-order valence-electron chi connectivity index (χ1n) is 8.19. The molecule has 24 heavy (non-hydrogen) atoms. The minimum absolute atomic E-state index is 0.00693. The van der Waals surface area contributed by atoms with Gasteiger partial charge in [0.25, 0.3) is 5.56 Å². The summed E-state index contributed by atoms with van der Waals surface area (Å²) in [5.41, 5.74) is 0.948. The Hall–Kier alpha value is -2.14. The SMILES string of the molecule is O=C(Cn1ncccc1=O)N1CCCC[C@H](c2ccc(Cl)cc2)C1. The van der Waals surface area contributed by atoms with Gasteiger partial charge in [-0.15, -0.1) is 0 Å². The van der Waals surface area contributed by atoms with E-state index in [1.54, 1.807) is 6.07 Å². The lowest BCUT2D eigenvalue weighted by Gasteiger charge is -2.25. The van der Waals surface area contributed by atoms with Gasteiger partial charge < -0.3 is 4.90 Å². The molecule has 1 aromatic carbocycles. The number of aromatic nitrogens is 2. The molecule has 0 bridgehead atoms. The monoisotopic (exact) mass is 345 g/mol. The number of likely N-dealkylation sites (tertiary alicyclic amines) is 1. The summed E-state index contributed by atoms with van der Waals surface area (Å²) in [6.45, 7) is 1.39. The number of nitrogens with zero attached hydrogens (tertiary/aromatic N) is 3. The number of carbonyl (C=O) groups excluding carboxylic acids is 1. The Bertz CT molecular complexity index is 757. The fourth-order valence-electron chi connectivity index (χ4n) is 3.11. The summed E-state index contributed by atoms with van der Waals surface area (Å²) >= 11 is 5.96. The van der Waals surface area contributed by atoms with Crippen LogP contribution in [0.4, 0.5) is 0 Å². The summed E-state index contributed by atoms with van der Waals surface area (Å²) in [5, 5.41) is 4.68. The van der Waals surface area contributed by atoms with E-state index in [1.807, 2.05) is 29.2 Å². The number of benzene rings is 1. The van der Waals surface area contributed by atoms with E-state index < -0.39 is 0 Å². The Morgan fingerprint density at radius 3 is 2.75 bits per heavy atom. The normalized spacial score (nSPS) is 18.2. The molecule has 1 atom stereocenters. The molecule has 1 aliphatic rings. The van der Waals surface area contributed by atoms with E-state index in [2.05, 4.69) is 5.10 Å². The zero-order valence-electron chi connectivity index (χ0n) is 13.4. The van der Waals surface area contributed by atoms with Crippen molar-refractivity contribution >= 4 is 17.5 Å². The van der Waals surface area contributed by atoms with E-state index in [-0.39, 0.29) is 18.0 Å². The molecule has 2 aromatic rings. The van der Waals surface area contributed by atoms with Gasteiger partial charge in [0.05, 0.1) is 0 Å². The van der Waals surface area contributed by atoms with Crippen molar-refractivity contribution in [2.45, 2.75) is 31.7 Å². The molecule has 1 fully saturated rings. The van der Waals surface area contributed by atoms with Crippen LogP contribution in [-0.2, 0) is 11.3 Å². The summed E-state index contributed by atoms with van der Waals surface area (Å²) in [4.78, 5) is 26.2. The van der Waals surface area contributed by atoms with E-state index in [0.29, 0.717) is 12.5 Å². The van der Waals surface area contributed by atoms with Crippen molar-refractivity contribution in [1.29, 1.82) is 0 Å². The van der Waals surface area contributed by atoms with Crippen LogP contribution in [0.5, 0.6) is 0 Å². The highest BCUT2D eigenvalue weighted by Gasteiger charge is 2.23. The third kappa shape index (κ3) is 4.03. The van der Waals surface area contributed by atoms with E-state index in [4.69, 9.17) is 11.6 Å². The van der Waals surface area contributed by atoms with Crippen LogP contribution in [0.15, 0.2) is 47.4 Å². The van der Waals surface area contributed by atoms with Gasteiger partial charge >= 0.3 is 0 Å². The minimum atomic E-state index is -0.255. The largest absolute Gasteiger partial charge is 0.340 e. The van der Waals surface area contributed by atoms with Crippen molar-refractivity contribution in [2.24, 2.45) is 0 Å². The first-order chi connectivity index (χ1) is 11.6. The van der Waals surface area contributed by atoms with Crippen LogP contribution in [0.1, 0.15) is 30.7 Å². The molecule has 6 heteroatoms. The van der Waals surface area contributed by atoms with Gasteiger partial charge in [0.15, 0.2) is 0 Å². The lowest BCUT2D eigenvalue weighted by atomic mass is 9.94. The number of hydrogen-bond acceptors (Lipinski definition) is 3. The van der Waals surface area contributed by atoms with Crippen LogP contribution in [0.3, 0.4) is 0 Å². The van der Waals surface area contributed by atoms with Gasteiger partial charge in [-0.05, 0) is 36.6 Å².